The van der Waals surface area contributed by atoms with Crippen molar-refractivity contribution in [3.8, 4) is 0 Å². The van der Waals surface area contributed by atoms with Crippen LogP contribution in [0.15, 0.2) is 60.8 Å². The molecular formula is C51H96N2O6P+. The molecule has 0 radical (unpaired) electrons. The van der Waals surface area contributed by atoms with Crippen LogP contribution < -0.4 is 5.32 Å². The van der Waals surface area contributed by atoms with E-state index in [0.717, 1.165) is 70.6 Å². The number of phosphoric ester groups is 1. The number of carbonyl (C=O) groups is 1. The molecule has 0 saturated heterocycles. The molecule has 1 amide bonds. The zero-order valence-electron chi connectivity index (χ0n) is 39.7. The van der Waals surface area contributed by atoms with Gasteiger partial charge in [-0.3, -0.25) is 13.8 Å². The fourth-order valence-corrected chi connectivity index (χ4v) is 7.59. The molecule has 3 atom stereocenters. The Morgan fingerprint density at radius 1 is 0.583 bits per heavy atom. The van der Waals surface area contributed by atoms with E-state index in [0.29, 0.717) is 17.4 Å². The quantitative estimate of drug-likeness (QED) is 0.0244. The molecule has 9 heteroatoms. The predicted octanol–water partition coefficient (Wildman–Crippen LogP) is 14.2. The maximum absolute atomic E-state index is 12.9. The van der Waals surface area contributed by atoms with Crippen molar-refractivity contribution < 1.29 is 32.9 Å². The number of nitrogens with one attached hydrogen (secondary N) is 1. The normalized spacial score (nSPS) is 14.7. The topological polar surface area (TPSA) is 105 Å². The third-order valence-electron chi connectivity index (χ3n) is 10.7. The molecule has 0 aliphatic rings. The van der Waals surface area contributed by atoms with Crippen LogP contribution >= 0.6 is 7.82 Å². The lowest BCUT2D eigenvalue weighted by Crippen LogP contribution is -2.45. The van der Waals surface area contributed by atoms with E-state index in [4.69, 9.17) is 9.05 Å². The van der Waals surface area contributed by atoms with Crippen molar-refractivity contribution in [2.24, 2.45) is 0 Å². The predicted molar refractivity (Wildman–Crippen MR) is 258 cm³/mol. The van der Waals surface area contributed by atoms with Crippen LogP contribution in [0.25, 0.3) is 0 Å². The first-order valence-electron chi connectivity index (χ1n) is 24.7. The van der Waals surface area contributed by atoms with Gasteiger partial charge in [0.15, 0.2) is 0 Å². The number of aliphatic hydroxyl groups is 1. The smallest absolute Gasteiger partial charge is 0.387 e. The first kappa shape index (κ1) is 58.2. The lowest BCUT2D eigenvalue weighted by Gasteiger charge is -2.25. The molecule has 0 aliphatic heterocycles. The third-order valence-corrected chi connectivity index (χ3v) is 11.7. The molecule has 0 aromatic rings. The number of allylic oxidation sites excluding steroid dienone is 9. The summed E-state index contributed by atoms with van der Waals surface area (Å²) >= 11 is 0. The molecule has 8 nitrogen and oxygen atoms in total. The Kier molecular flexibility index (Phi) is 41.2. The van der Waals surface area contributed by atoms with Gasteiger partial charge in [0.2, 0.25) is 5.91 Å². The minimum absolute atomic E-state index is 0.0576. The number of quaternary nitrogens is 1. The van der Waals surface area contributed by atoms with Gasteiger partial charge in [0.05, 0.1) is 39.9 Å². The molecule has 0 spiro atoms. The third kappa shape index (κ3) is 44.3. The number of aliphatic hydroxyl groups excluding tert-OH is 1. The number of carbonyl (C=O) groups excluding carboxylic acids is 1. The molecule has 350 valence electrons. The molecule has 0 bridgehead atoms. The number of amides is 1. The van der Waals surface area contributed by atoms with Gasteiger partial charge < -0.3 is 19.8 Å². The standard InChI is InChI=1S/C51H95N2O6P/c1-6-8-10-12-14-16-18-20-22-24-25-26-27-29-31-33-35-37-39-41-43-45-51(55)52-49(48-59-60(56,57)58-47-46-53(3,4)5)50(54)44-42-40-38-36-34-32-30-28-23-21-19-17-15-13-11-9-7-2/h8,10,14,16,20,22,25-26,42,44,49-50,54H,6-7,9,11-13,15,17-19,21,23-24,27-41,43,45-48H2,1-5H3,(H-,52,55,56,57)/p+1/b10-8-,16-14-,22-20-,26-25-,44-42+. The second kappa shape index (κ2) is 42.5. The second-order valence-corrected chi connectivity index (χ2v) is 19.3. The number of hydrogen-bond donors (Lipinski definition) is 3. The lowest BCUT2D eigenvalue weighted by molar-refractivity contribution is -0.870. The van der Waals surface area contributed by atoms with Crippen molar-refractivity contribution >= 4 is 13.7 Å². The average Bonchev–Trinajstić information content (AvgIpc) is 3.20. The van der Waals surface area contributed by atoms with Gasteiger partial charge in [0, 0.05) is 6.42 Å². The van der Waals surface area contributed by atoms with Crippen molar-refractivity contribution in [2.45, 2.75) is 219 Å². The fraction of sp³-hybridized carbons (Fsp3) is 0.784. The summed E-state index contributed by atoms with van der Waals surface area (Å²) in [5.74, 6) is -0.187. The Morgan fingerprint density at radius 2 is 1.00 bits per heavy atom. The zero-order chi connectivity index (χ0) is 44.3. The molecule has 0 rings (SSSR count). The van der Waals surface area contributed by atoms with Gasteiger partial charge in [0.25, 0.3) is 0 Å². The van der Waals surface area contributed by atoms with Crippen LogP contribution in [-0.2, 0) is 18.4 Å². The molecule has 0 fully saturated rings. The van der Waals surface area contributed by atoms with E-state index >= 15 is 0 Å². The van der Waals surface area contributed by atoms with Gasteiger partial charge in [-0.2, -0.15) is 0 Å². The Hall–Kier alpha value is -1.80. The van der Waals surface area contributed by atoms with Crippen LogP contribution in [0.4, 0.5) is 0 Å². The summed E-state index contributed by atoms with van der Waals surface area (Å²) in [5.41, 5.74) is 0. The highest BCUT2D eigenvalue weighted by molar-refractivity contribution is 7.47. The van der Waals surface area contributed by atoms with Crippen LogP contribution in [-0.4, -0.2) is 73.4 Å². The van der Waals surface area contributed by atoms with Crippen LogP contribution in [0.2, 0.25) is 0 Å². The van der Waals surface area contributed by atoms with E-state index in [9.17, 15) is 19.4 Å². The van der Waals surface area contributed by atoms with Gasteiger partial charge in [-0.05, 0) is 57.8 Å². The maximum Gasteiger partial charge on any atom is 0.472 e. The minimum atomic E-state index is -4.35. The van der Waals surface area contributed by atoms with Crippen LogP contribution in [0.1, 0.15) is 206 Å². The molecule has 0 saturated carbocycles. The Labute approximate surface area is 371 Å². The summed E-state index contributed by atoms with van der Waals surface area (Å²) in [5, 5.41) is 13.9. The van der Waals surface area contributed by atoms with Gasteiger partial charge >= 0.3 is 7.82 Å². The molecule has 0 heterocycles. The number of hydrogen-bond acceptors (Lipinski definition) is 5. The number of likely N-dealkylation sites (N-methyl/N-ethyl adjacent to an activating group) is 1. The lowest BCUT2D eigenvalue weighted by atomic mass is 10.0. The van der Waals surface area contributed by atoms with Crippen molar-refractivity contribution in [1.82, 2.24) is 5.32 Å². The molecule has 3 N–H and O–H groups in total. The Bertz CT molecular complexity index is 1160. The van der Waals surface area contributed by atoms with Gasteiger partial charge in [-0.1, -0.05) is 203 Å². The SMILES string of the molecule is CC/C=C\C/C=C\C/C=C\C/C=C\CCCCCCCCCCC(=O)NC(COP(=O)(O)OCC[N+](C)(C)C)C(O)/C=C/CCCCCCCCCCCCCCCCC. The van der Waals surface area contributed by atoms with Gasteiger partial charge in [-0.25, -0.2) is 4.57 Å². The first-order valence-corrected chi connectivity index (χ1v) is 26.2. The summed E-state index contributed by atoms with van der Waals surface area (Å²) in [6.45, 7) is 4.70. The van der Waals surface area contributed by atoms with E-state index in [2.05, 4.69) is 67.8 Å². The summed E-state index contributed by atoms with van der Waals surface area (Å²) in [7, 11) is 1.56. The van der Waals surface area contributed by atoms with E-state index < -0.39 is 20.0 Å². The Balaban J connectivity index is 4.36. The first-order chi connectivity index (χ1) is 29.0. The summed E-state index contributed by atoms with van der Waals surface area (Å²) in [6.07, 6.45) is 55.7. The van der Waals surface area contributed by atoms with Crippen molar-refractivity contribution in [3.05, 3.63) is 60.8 Å². The highest BCUT2D eigenvalue weighted by Gasteiger charge is 2.27. The molecular weight excluding hydrogens is 768 g/mol. The van der Waals surface area contributed by atoms with E-state index in [-0.39, 0.29) is 19.1 Å². The number of unbranched alkanes of at least 4 members (excludes halogenated alkanes) is 23. The molecule has 0 aromatic carbocycles. The summed E-state index contributed by atoms with van der Waals surface area (Å²) in [6, 6.07) is -0.853. The molecule has 0 aromatic heterocycles. The second-order valence-electron chi connectivity index (χ2n) is 17.8. The minimum Gasteiger partial charge on any atom is -0.387 e. The number of phosphoric acid groups is 1. The number of nitrogens with zero attached hydrogens (tertiary/aromatic N) is 1. The van der Waals surface area contributed by atoms with Crippen molar-refractivity contribution in [3.63, 3.8) is 0 Å². The monoisotopic (exact) mass is 864 g/mol. The number of rotatable bonds is 44. The van der Waals surface area contributed by atoms with Crippen LogP contribution in [0.3, 0.4) is 0 Å². The van der Waals surface area contributed by atoms with Crippen molar-refractivity contribution in [2.75, 3.05) is 40.9 Å². The molecule has 3 unspecified atom stereocenters. The summed E-state index contributed by atoms with van der Waals surface area (Å²) < 4.78 is 23.6. The highest BCUT2D eigenvalue weighted by atomic mass is 31.2. The van der Waals surface area contributed by atoms with Crippen LogP contribution in [0.5, 0.6) is 0 Å². The zero-order valence-corrected chi connectivity index (χ0v) is 40.6. The van der Waals surface area contributed by atoms with Gasteiger partial charge in [0.1, 0.15) is 13.2 Å². The molecule has 0 aliphatic carbocycles. The van der Waals surface area contributed by atoms with E-state index in [1.807, 2.05) is 27.2 Å². The Morgan fingerprint density at radius 3 is 1.47 bits per heavy atom. The maximum atomic E-state index is 12.9. The van der Waals surface area contributed by atoms with E-state index in [1.165, 1.54) is 116 Å². The van der Waals surface area contributed by atoms with Crippen LogP contribution in [0, 0.1) is 0 Å². The fourth-order valence-electron chi connectivity index (χ4n) is 6.86. The molecule has 60 heavy (non-hydrogen) atoms. The van der Waals surface area contributed by atoms with Crippen molar-refractivity contribution in [1.29, 1.82) is 0 Å². The highest BCUT2D eigenvalue weighted by Crippen LogP contribution is 2.43. The van der Waals surface area contributed by atoms with E-state index in [1.54, 1.807) is 6.08 Å². The average molecular weight is 864 g/mol. The largest absolute Gasteiger partial charge is 0.472 e. The van der Waals surface area contributed by atoms with Gasteiger partial charge in [-0.15, -0.1) is 0 Å². The summed E-state index contributed by atoms with van der Waals surface area (Å²) in [4.78, 5) is 23.2.